The highest BCUT2D eigenvalue weighted by Gasteiger charge is 2.23. The van der Waals surface area contributed by atoms with Gasteiger partial charge in [0.25, 0.3) is 5.91 Å². The molecule has 0 radical (unpaired) electrons. The van der Waals surface area contributed by atoms with Crippen molar-refractivity contribution < 1.29 is 13.9 Å². The van der Waals surface area contributed by atoms with Crippen molar-refractivity contribution in [2.24, 2.45) is 0 Å². The van der Waals surface area contributed by atoms with Crippen molar-refractivity contribution in [3.63, 3.8) is 0 Å². The predicted molar refractivity (Wildman–Crippen MR) is 82.8 cm³/mol. The first-order valence-corrected chi connectivity index (χ1v) is 7.33. The summed E-state index contributed by atoms with van der Waals surface area (Å²) in [5, 5.41) is 2.96. The zero-order chi connectivity index (χ0) is 15.7. The minimum Gasteiger partial charge on any atom is -0.491 e. The predicted octanol–water partition coefficient (Wildman–Crippen LogP) is 3.18. The molecule has 0 aliphatic carbocycles. The number of ether oxygens (including phenoxy) is 1. The van der Waals surface area contributed by atoms with Crippen LogP contribution in [-0.4, -0.2) is 18.6 Å². The maximum atomic E-state index is 13.3. The number of halogens is 1. The number of para-hydroxylation sites is 1. The van der Waals surface area contributed by atoms with E-state index >= 15 is 0 Å². The van der Waals surface area contributed by atoms with Crippen LogP contribution in [0.15, 0.2) is 36.4 Å². The Hall–Kier alpha value is -2.36. The second kappa shape index (κ2) is 5.79. The number of hydrogen-bond acceptors (Lipinski definition) is 2. The number of fused-ring (bicyclic) bond motifs is 1. The van der Waals surface area contributed by atoms with Crippen molar-refractivity contribution in [2.45, 2.75) is 26.3 Å². The van der Waals surface area contributed by atoms with Gasteiger partial charge >= 0.3 is 0 Å². The molecule has 1 atom stereocenters. The number of carbonyl (C=O) groups excluding carboxylic acids is 1. The summed E-state index contributed by atoms with van der Waals surface area (Å²) in [6.07, 6.45) is 0.739. The van der Waals surface area contributed by atoms with Crippen LogP contribution < -0.4 is 10.1 Å². The third-order valence-electron chi connectivity index (χ3n) is 3.94. The second-order valence-electron chi connectivity index (χ2n) is 5.71. The Bertz CT molecular complexity index is 727. The van der Waals surface area contributed by atoms with Gasteiger partial charge in [0.05, 0.1) is 6.04 Å². The normalized spacial score (nSPS) is 16.6. The van der Waals surface area contributed by atoms with Crippen LogP contribution in [0.2, 0.25) is 0 Å². The lowest BCUT2D eigenvalue weighted by atomic mass is 9.99. The van der Waals surface area contributed by atoms with E-state index in [0.717, 1.165) is 23.3 Å². The van der Waals surface area contributed by atoms with Gasteiger partial charge in [-0.25, -0.2) is 4.39 Å². The molecular formula is C18H18FNO2. The van der Waals surface area contributed by atoms with E-state index in [9.17, 15) is 9.18 Å². The van der Waals surface area contributed by atoms with Crippen molar-refractivity contribution in [3.8, 4) is 5.75 Å². The molecule has 1 aliphatic rings. The molecule has 1 unspecified atom stereocenters. The summed E-state index contributed by atoms with van der Waals surface area (Å²) in [5.41, 5.74) is 3.14. The lowest BCUT2D eigenvalue weighted by Crippen LogP contribution is -2.42. The summed E-state index contributed by atoms with van der Waals surface area (Å²) in [6.45, 7) is 4.11. The quantitative estimate of drug-likeness (QED) is 0.925. The number of amides is 1. The first-order valence-electron chi connectivity index (χ1n) is 7.33. The summed E-state index contributed by atoms with van der Waals surface area (Å²) < 4.78 is 19.0. The highest BCUT2D eigenvalue weighted by molar-refractivity contribution is 5.94. The summed E-state index contributed by atoms with van der Waals surface area (Å²) >= 11 is 0. The highest BCUT2D eigenvalue weighted by Crippen LogP contribution is 2.28. The second-order valence-corrected chi connectivity index (χ2v) is 5.71. The first-order chi connectivity index (χ1) is 10.5. The van der Waals surface area contributed by atoms with Crippen LogP contribution in [0.5, 0.6) is 5.75 Å². The van der Waals surface area contributed by atoms with E-state index in [0.29, 0.717) is 17.7 Å². The van der Waals surface area contributed by atoms with Gasteiger partial charge in [-0.15, -0.1) is 0 Å². The molecule has 2 aromatic rings. The van der Waals surface area contributed by atoms with Crippen LogP contribution >= 0.6 is 0 Å². The molecule has 0 spiro atoms. The summed E-state index contributed by atoms with van der Waals surface area (Å²) in [6, 6.07) is 10.3. The molecule has 0 saturated carbocycles. The Kier molecular flexibility index (Phi) is 3.84. The minimum absolute atomic E-state index is 0.0767. The van der Waals surface area contributed by atoms with E-state index in [1.54, 1.807) is 13.0 Å². The molecule has 3 nitrogen and oxygen atoms in total. The molecule has 1 N–H and O–H groups in total. The number of hydrogen-bond donors (Lipinski definition) is 1. The fourth-order valence-electron chi connectivity index (χ4n) is 2.74. The molecule has 22 heavy (non-hydrogen) atoms. The maximum Gasteiger partial charge on any atom is 0.251 e. The number of aryl methyl sites for hydroxylation is 2. The summed E-state index contributed by atoms with van der Waals surface area (Å²) in [7, 11) is 0. The van der Waals surface area contributed by atoms with Gasteiger partial charge in [-0.3, -0.25) is 4.79 Å². The molecule has 0 saturated heterocycles. The smallest absolute Gasteiger partial charge is 0.251 e. The minimum atomic E-state index is -0.304. The van der Waals surface area contributed by atoms with E-state index in [2.05, 4.69) is 5.32 Å². The molecule has 2 aromatic carbocycles. The monoisotopic (exact) mass is 299 g/mol. The number of benzene rings is 2. The highest BCUT2D eigenvalue weighted by atomic mass is 19.1. The fourth-order valence-corrected chi connectivity index (χ4v) is 2.74. The third kappa shape index (κ3) is 2.82. The number of carbonyl (C=O) groups is 1. The third-order valence-corrected chi connectivity index (χ3v) is 3.94. The number of nitrogens with one attached hydrogen (secondary N) is 1. The standard InChI is InChI=1S/C18H18FNO2/c1-11-4-3-5-13-9-15(10-22-17(11)13)20-18(21)14-6-7-16(19)12(2)8-14/h3-8,15H,9-10H2,1-2H3,(H,20,21). The largest absolute Gasteiger partial charge is 0.491 e. The SMILES string of the molecule is Cc1cc(C(=O)NC2COc3c(C)cccc3C2)ccc1F. The van der Waals surface area contributed by atoms with E-state index < -0.39 is 0 Å². The Morgan fingerprint density at radius 3 is 2.82 bits per heavy atom. The molecule has 114 valence electrons. The van der Waals surface area contributed by atoms with Gasteiger partial charge in [0.2, 0.25) is 0 Å². The maximum absolute atomic E-state index is 13.3. The Balaban J connectivity index is 1.72. The van der Waals surface area contributed by atoms with Crippen molar-refractivity contribution in [1.29, 1.82) is 0 Å². The molecule has 1 aliphatic heterocycles. The van der Waals surface area contributed by atoms with Crippen molar-refractivity contribution in [3.05, 3.63) is 64.5 Å². The Morgan fingerprint density at radius 2 is 2.05 bits per heavy atom. The van der Waals surface area contributed by atoms with Crippen molar-refractivity contribution in [2.75, 3.05) is 6.61 Å². The topological polar surface area (TPSA) is 38.3 Å². The van der Waals surface area contributed by atoms with Crippen LogP contribution in [0, 0.1) is 19.7 Å². The average Bonchev–Trinajstić information content (AvgIpc) is 2.50. The Morgan fingerprint density at radius 1 is 1.23 bits per heavy atom. The molecule has 1 heterocycles. The van der Waals surface area contributed by atoms with Crippen LogP contribution in [0.4, 0.5) is 4.39 Å². The molecule has 3 rings (SSSR count). The van der Waals surface area contributed by atoms with Gasteiger partial charge in [-0.05, 0) is 55.2 Å². The van der Waals surface area contributed by atoms with Crippen LogP contribution in [0.25, 0.3) is 0 Å². The molecule has 4 heteroatoms. The lowest BCUT2D eigenvalue weighted by Gasteiger charge is -2.27. The van der Waals surface area contributed by atoms with Gasteiger partial charge in [0.1, 0.15) is 18.2 Å². The van der Waals surface area contributed by atoms with E-state index in [4.69, 9.17) is 4.74 Å². The van der Waals surface area contributed by atoms with Gasteiger partial charge < -0.3 is 10.1 Å². The van der Waals surface area contributed by atoms with Crippen LogP contribution in [-0.2, 0) is 6.42 Å². The van der Waals surface area contributed by atoms with E-state index in [1.807, 2.05) is 25.1 Å². The van der Waals surface area contributed by atoms with Gasteiger partial charge in [-0.2, -0.15) is 0 Å². The number of rotatable bonds is 2. The van der Waals surface area contributed by atoms with Crippen LogP contribution in [0.3, 0.4) is 0 Å². The molecule has 0 aromatic heterocycles. The van der Waals surface area contributed by atoms with E-state index in [1.165, 1.54) is 12.1 Å². The Labute approximate surface area is 129 Å². The van der Waals surface area contributed by atoms with Gasteiger partial charge in [0, 0.05) is 5.56 Å². The average molecular weight is 299 g/mol. The van der Waals surface area contributed by atoms with Gasteiger partial charge in [-0.1, -0.05) is 18.2 Å². The zero-order valence-corrected chi connectivity index (χ0v) is 12.7. The van der Waals surface area contributed by atoms with Crippen molar-refractivity contribution >= 4 is 5.91 Å². The molecule has 1 amide bonds. The molecule has 0 bridgehead atoms. The lowest BCUT2D eigenvalue weighted by molar-refractivity contribution is 0.0915. The van der Waals surface area contributed by atoms with Gasteiger partial charge in [0.15, 0.2) is 0 Å². The summed E-state index contributed by atoms with van der Waals surface area (Å²) in [4.78, 5) is 12.3. The summed E-state index contributed by atoms with van der Waals surface area (Å²) in [5.74, 6) is 0.417. The fraction of sp³-hybridized carbons (Fsp3) is 0.278. The molecule has 0 fully saturated rings. The van der Waals surface area contributed by atoms with E-state index in [-0.39, 0.29) is 17.8 Å². The first kappa shape index (κ1) is 14.6. The van der Waals surface area contributed by atoms with Crippen molar-refractivity contribution in [1.82, 2.24) is 5.32 Å². The zero-order valence-electron chi connectivity index (χ0n) is 12.7. The molecular weight excluding hydrogens is 281 g/mol. The van der Waals surface area contributed by atoms with Crippen LogP contribution in [0.1, 0.15) is 27.0 Å².